The number of hydrogen-bond acceptors (Lipinski definition) is 10. The molecule has 0 amide bonds. The first-order chi connectivity index (χ1) is 25.3. The van der Waals surface area contributed by atoms with Crippen LogP contribution in [-0.4, -0.2) is 52.3 Å². The lowest BCUT2D eigenvalue weighted by Gasteiger charge is -2.23. The van der Waals surface area contributed by atoms with Crippen molar-refractivity contribution < 1.29 is 47.6 Å². The van der Waals surface area contributed by atoms with Crippen molar-refractivity contribution in [3.63, 3.8) is 0 Å². The largest absolute Gasteiger partial charge is 0.487 e. The van der Waals surface area contributed by atoms with E-state index in [2.05, 4.69) is 0 Å². The van der Waals surface area contributed by atoms with E-state index in [1.807, 2.05) is 60.7 Å². The van der Waals surface area contributed by atoms with Crippen LogP contribution in [0.25, 0.3) is 32.7 Å². The molecule has 0 spiro atoms. The Kier molecular flexibility index (Phi) is 10.5. The lowest BCUT2D eigenvalue weighted by molar-refractivity contribution is 0.0586. The number of esters is 4. The van der Waals surface area contributed by atoms with Gasteiger partial charge in [0.1, 0.15) is 35.8 Å². The zero-order valence-corrected chi connectivity index (χ0v) is 28.9. The molecule has 262 valence electrons. The van der Waals surface area contributed by atoms with E-state index >= 15 is 0 Å². The van der Waals surface area contributed by atoms with E-state index in [1.54, 1.807) is 48.5 Å². The molecule has 0 fully saturated rings. The molecule has 0 radical (unpaired) electrons. The van der Waals surface area contributed by atoms with Crippen molar-refractivity contribution in [3.05, 3.63) is 143 Å². The van der Waals surface area contributed by atoms with Crippen LogP contribution in [0.5, 0.6) is 11.5 Å². The van der Waals surface area contributed by atoms with E-state index in [9.17, 15) is 19.2 Å². The van der Waals surface area contributed by atoms with Crippen LogP contribution in [0.1, 0.15) is 52.6 Å². The molecule has 6 aromatic rings. The minimum atomic E-state index is -0.706. The van der Waals surface area contributed by atoms with Crippen LogP contribution in [0.3, 0.4) is 0 Å². The molecule has 0 atom stereocenters. The van der Waals surface area contributed by atoms with Crippen molar-refractivity contribution in [2.24, 2.45) is 0 Å². The van der Waals surface area contributed by atoms with E-state index in [4.69, 9.17) is 28.4 Å². The van der Waals surface area contributed by atoms with Gasteiger partial charge in [0.2, 0.25) is 0 Å². The molecule has 52 heavy (non-hydrogen) atoms. The summed E-state index contributed by atoms with van der Waals surface area (Å²) in [6.45, 7) is 0.121. The van der Waals surface area contributed by atoms with Crippen molar-refractivity contribution in [2.45, 2.75) is 13.2 Å². The van der Waals surface area contributed by atoms with Gasteiger partial charge in [-0.1, -0.05) is 72.8 Å². The van der Waals surface area contributed by atoms with E-state index in [0.29, 0.717) is 32.7 Å². The average molecular weight is 699 g/mol. The molecule has 0 aliphatic rings. The Morgan fingerprint density at radius 3 is 1.15 bits per heavy atom. The van der Waals surface area contributed by atoms with Gasteiger partial charge in [-0.2, -0.15) is 0 Å². The Balaban J connectivity index is 1.77. The summed E-state index contributed by atoms with van der Waals surface area (Å²) in [7, 11) is 5.08. The molecule has 0 bridgehead atoms. The highest BCUT2D eigenvalue weighted by Gasteiger charge is 2.30. The number of hydrogen-bond donors (Lipinski definition) is 0. The molecule has 10 nitrogen and oxygen atoms in total. The summed E-state index contributed by atoms with van der Waals surface area (Å²) < 4.78 is 33.6. The van der Waals surface area contributed by atoms with Gasteiger partial charge in [0, 0.05) is 11.1 Å². The Hall–Kier alpha value is -6.68. The highest BCUT2D eigenvalue weighted by molar-refractivity contribution is 6.17. The monoisotopic (exact) mass is 698 g/mol. The zero-order valence-electron chi connectivity index (χ0n) is 28.9. The second-order valence-electron chi connectivity index (χ2n) is 11.6. The van der Waals surface area contributed by atoms with Crippen LogP contribution >= 0.6 is 0 Å². The topological polar surface area (TPSA) is 124 Å². The first-order valence-corrected chi connectivity index (χ1v) is 16.2. The SMILES string of the molecule is COC(=O)c1ccc2c(-c3c(OCc4ccccc4)c(C(=O)OC)cc4cc(C(=O)OC)ccc34)c(OCc3ccccc3)c(C(=O)OC)cc2c1. The minimum Gasteiger partial charge on any atom is -0.487 e. The van der Waals surface area contributed by atoms with Crippen LogP contribution in [-0.2, 0) is 32.2 Å². The molecule has 0 saturated carbocycles. The fraction of sp³-hybridized carbons (Fsp3) is 0.143. The van der Waals surface area contributed by atoms with E-state index in [-0.39, 0.29) is 47.0 Å². The number of carbonyl (C=O) groups is 4. The van der Waals surface area contributed by atoms with Crippen LogP contribution < -0.4 is 9.47 Å². The number of ether oxygens (including phenoxy) is 6. The molecular weight excluding hydrogens is 664 g/mol. The Morgan fingerprint density at radius 1 is 0.442 bits per heavy atom. The molecule has 0 saturated heterocycles. The summed E-state index contributed by atoms with van der Waals surface area (Å²) >= 11 is 0. The molecule has 0 heterocycles. The summed E-state index contributed by atoms with van der Waals surface area (Å²) in [4.78, 5) is 52.6. The van der Waals surface area contributed by atoms with Gasteiger partial charge in [0.05, 0.1) is 39.6 Å². The number of carbonyl (C=O) groups excluding carboxylic acids is 4. The van der Waals surface area contributed by atoms with Gasteiger partial charge in [0.25, 0.3) is 0 Å². The maximum absolute atomic E-state index is 13.6. The molecule has 0 unspecified atom stereocenters. The second-order valence-corrected chi connectivity index (χ2v) is 11.6. The molecule has 6 aromatic carbocycles. The fourth-order valence-electron chi connectivity index (χ4n) is 6.04. The van der Waals surface area contributed by atoms with Gasteiger partial charge in [0.15, 0.2) is 0 Å². The van der Waals surface area contributed by atoms with Crippen LogP contribution in [0.15, 0.2) is 109 Å². The summed E-state index contributed by atoms with van der Waals surface area (Å²) in [6.07, 6.45) is 0. The predicted octanol–water partition coefficient (Wildman–Crippen LogP) is 7.96. The van der Waals surface area contributed by atoms with E-state index in [0.717, 1.165) is 11.1 Å². The molecular formula is C42H34O10. The first kappa shape index (κ1) is 35.2. The highest BCUT2D eigenvalue weighted by atomic mass is 16.5. The standard InChI is InChI=1S/C42H34O10/c1-47-39(43)27-15-17-31-29(19-27)21-33(41(45)49-3)37(51-23-25-11-7-5-8-12-25)35(31)36-32-18-16-28(40(44)48-2)20-30(32)22-34(42(46)50-4)38(36)52-24-26-13-9-6-10-14-26/h5-22H,23-24H2,1-4H3. The van der Waals surface area contributed by atoms with Gasteiger partial charge in [-0.25, -0.2) is 19.2 Å². The second kappa shape index (κ2) is 15.5. The molecule has 0 N–H and O–H groups in total. The third-order valence-corrected chi connectivity index (χ3v) is 8.54. The average Bonchev–Trinajstić information content (AvgIpc) is 3.20. The van der Waals surface area contributed by atoms with Crippen molar-refractivity contribution in [2.75, 3.05) is 28.4 Å². The molecule has 0 aromatic heterocycles. The first-order valence-electron chi connectivity index (χ1n) is 16.2. The number of rotatable bonds is 11. The molecule has 6 rings (SSSR count). The maximum atomic E-state index is 13.6. The molecule has 0 aliphatic carbocycles. The third kappa shape index (κ3) is 6.99. The zero-order chi connectivity index (χ0) is 36.8. The lowest BCUT2D eigenvalue weighted by Crippen LogP contribution is -2.11. The van der Waals surface area contributed by atoms with Crippen LogP contribution in [0.4, 0.5) is 0 Å². The van der Waals surface area contributed by atoms with Crippen molar-refractivity contribution in [3.8, 4) is 22.6 Å². The normalized spacial score (nSPS) is 10.8. The van der Waals surface area contributed by atoms with Crippen molar-refractivity contribution in [1.82, 2.24) is 0 Å². The summed E-state index contributed by atoms with van der Waals surface area (Å²) in [5.74, 6) is -2.29. The summed E-state index contributed by atoms with van der Waals surface area (Å²) in [6, 6.07) is 31.8. The molecule has 0 aliphatic heterocycles. The fourth-order valence-corrected chi connectivity index (χ4v) is 6.04. The van der Waals surface area contributed by atoms with Crippen LogP contribution in [0.2, 0.25) is 0 Å². The number of benzene rings is 6. The Bertz CT molecular complexity index is 2150. The lowest BCUT2D eigenvalue weighted by atomic mass is 9.87. The van der Waals surface area contributed by atoms with Gasteiger partial charge < -0.3 is 28.4 Å². The smallest absolute Gasteiger partial charge is 0.341 e. The van der Waals surface area contributed by atoms with E-state index in [1.165, 1.54) is 28.4 Å². The summed E-state index contributed by atoms with van der Waals surface area (Å²) in [5.41, 5.74) is 2.98. The summed E-state index contributed by atoms with van der Waals surface area (Å²) in [5, 5.41) is 2.05. The Morgan fingerprint density at radius 2 is 0.808 bits per heavy atom. The highest BCUT2D eigenvalue weighted by Crippen LogP contribution is 2.49. The maximum Gasteiger partial charge on any atom is 0.341 e. The van der Waals surface area contributed by atoms with Crippen molar-refractivity contribution >= 4 is 45.4 Å². The number of fused-ring (bicyclic) bond motifs is 2. The number of methoxy groups -OCH3 is 4. The van der Waals surface area contributed by atoms with E-state index < -0.39 is 23.9 Å². The predicted molar refractivity (Wildman–Crippen MR) is 194 cm³/mol. The Labute approximate surface area is 299 Å². The molecule has 10 heteroatoms. The van der Waals surface area contributed by atoms with Gasteiger partial charge in [-0.15, -0.1) is 0 Å². The minimum absolute atomic E-state index is 0.0553. The quantitative estimate of drug-likeness (QED) is 0.0972. The van der Waals surface area contributed by atoms with Crippen molar-refractivity contribution in [1.29, 1.82) is 0 Å². The van der Waals surface area contributed by atoms with Gasteiger partial charge >= 0.3 is 23.9 Å². The van der Waals surface area contributed by atoms with Gasteiger partial charge in [-0.3, -0.25) is 0 Å². The van der Waals surface area contributed by atoms with Gasteiger partial charge in [-0.05, 0) is 69.1 Å². The third-order valence-electron chi connectivity index (χ3n) is 8.54. The van der Waals surface area contributed by atoms with Crippen LogP contribution in [0, 0.1) is 0 Å².